The number of hydrazone groups is 1. The van der Waals surface area contributed by atoms with Crippen LogP contribution in [0.1, 0.15) is 11.1 Å². The van der Waals surface area contributed by atoms with Crippen molar-refractivity contribution in [3.8, 4) is 11.5 Å². The Hall–Kier alpha value is -3.05. The first-order valence-corrected chi connectivity index (χ1v) is 9.97. The maximum atomic E-state index is 5.43. The van der Waals surface area contributed by atoms with E-state index in [1.807, 2.05) is 24.4 Å². The fourth-order valence-corrected chi connectivity index (χ4v) is 3.77. The van der Waals surface area contributed by atoms with E-state index in [1.165, 1.54) is 16.3 Å². The predicted molar refractivity (Wildman–Crippen MR) is 118 cm³/mol. The van der Waals surface area contributed by atoms with Crippen LogP contribution in [0, 0.1) is 0 Å². The van der Waals surface area contributed by atoms with Gasteiger partial charge in [-0.1, -0.05) is 42.5 Å². The summed E-state index contributed by atoms with van der Waals surface area (Å²) in [4.78, 5) is 2.50. The van der Waals surface area contributed by atoms with E-state index in [0.29, 0.717) is 0 Å². The molecule has 0 amide bonds. The molecule has 0 aliphatic carbocycles. The van der Waals surface area contributed by atoms with Crippen molar-refractivity contribution in [1.29, 1.82) is 0 Å². The molecule has 0 atom stereocenters. The molecule has 150 valence electrons. The van der Waals surface area contributed by atoms with Crippen molar-refractivity contribution in [2.24, 2.45) is 5.10 Å². The van der Waals surface area contributed by atoms with Crippen LogP contribution in [0.2, 0.25) is 0 Å². The zero-order valence-electron chi connectivity index (χ0n) is 17.0. The van der Waals surface area contributed by atoms with Crippen molar-refractivity contribution >= 4 is 17.0 Å². The van der Waals surface area contributed by atoms with E-state index in [9.17, 15) is 0 Å². The second-order valence-electron chi connectivity index (χ2n) is 7.22. The largest absolute Gasteiger partial charge is 0.497 e. The van der Waals surface area contributed by atoms with Crippen LogP contribution in [0.15, 0.2) is 65.8 Å². The Morgan fingerprint density at radius 3 is 2.48 bits per heavy atom. The molecule has 5 heteroatoms. The predicted octanol–water partition coefficient (Wildman–Crippen LogP) is 4.01. The molecule has 5 nitrogen and oxygen atoms in total. The summed E-state index contributed by atoms with van der Waals surface area (Å²) in [6.07, 6.45) is 1.86. The van der Waals surface area contributed by atoms with Gasteiger partial charge in [-0.3, -0.25) is 9.91 Å². The Kier molecular flexibility index (Phi) is 5.96. The van der Waals surface area contributed by atoms with Gasteiger partial charge < -0.3 is 9.47 Å². The summed E-state index contributed by atoms with van der Waals surface area (Å²) in [6, 6.07) is 20.9. The molecular formula is C24H27N3O2. The summed E-state index contributed by atoms with van der Waals surface area (Å²) < 4.78 is 10.7. The van der Waals surface area contributed by atoms with Crippen molar-refractivity contribution < 1.29 is 9.47 Å². The molecule has 1 fully saturated rings. The molecule has 4 rings (SSSR count). The molecule has 0 unspecified atom stereocenters. The van der Waals surface area contributed by atoms with E-state index in [4.69, 9.17) is 9.47 Å². The summed E-state index contributed by atoms with van der Waals surface area (Å²) >= 11 is 0. The van der Waals surface area contributed by atoms with Crippen molar-refractivity contribution in [1.82, 2.24) is 9.91 Å². The summed E-state index contributed by atoms with van der Waals surface area (Å²) in [6.45, 7) is 4.79. The molecule has 1 aliphatic rings. The van der Waals surface area contributed by atoms with Crippen molar-refractivity contribution in [3.63, 3.8) is 0 Å². The second-order valence-corrected chi connectivity index (χ2v) is 7.22. The van der Waals surface area contributed by atoms with E-state index < -0.39 is 0 Å². The lowest BCUT2D eigenvalue weighted by Crippen LogP contribution is -2.43. The molecule has 1 aliphatic heterocycles. The van der Waals surface area contributed by atoms with Gasteiger partial charge in [0.1, 0.15) is 11.5 Å². The van der Waals surface area contributed by atoms with Crippen LogP contribution >= 0.6 is 0 Å². The third-order valence-electron chi connectivity index (χ3n) is 5.42. The zero-order chi connectivity index (χ0) is 20.1. The molecule has 29 heavy (non-hydrogen) atoms. The van der Waals surface area contributed by atoms with E-state index in [1.54, 1.807) is 14.2 Å². The first kappa shape index (κ1) is 19.3. The van der Waals surface area contributed by atoms with E-state index >= 15 is 0 Å². The maximum absolute atomic E-state index is 5.43. The van der Waals surface area contributed by atoms with E-state index in [-0.39, 0.29) is 0 Å². The number of nitrogens with zero attached hydrogens (tertiary/aromatic N) is 3. The second kappa shape index (κ2) is 8.97. The number of fused-ring (bicyclic) bond motifs is 1. The number of hydrogen-bond donors (Lipinski definition) is 0. The molecule has 0 N–H and O–H groups in total. The lowest BCUT2D eigenvalue weighted by molar-refractivity contribution is 0.131. The average molecular weight is 389 g/mol. The van der Waals surface area contributed by atoms with Crippen LogP contribution in [-0.2, 0) is 6.54 Å². The summed E-state index contributed by atoms with van der Waals surface area (Å²) in [5.41, 5.74) is 2.31. The highest BCUT2D eigenvalue weighted by Gasteiger charge is 2.16. The molecule has 0 spiro atoms. The minimum atomic E-state index is 0.796. The number of methoxy groups -OCH3 is 2. The highest BCUT2D eigenvalue weighted by Crippen LogP contribution is 2.23. The fraction of sp³-hybridized carbons (Fsp3) is 0.292. The Labute approximate surface area is 172 Å². The minimum Gasteiger partial charge on any atom is -0.497 e. The number of benzene rings is 3. The highest BCUT2D eigenvalue weighted by molar-refractivity contribution is 5.85. The van der Waals surface area contributed by atoms with E-state index in [2.05, 4.69) is 57.5 Å². The molecule has 3 aromatic rings. The fourth-order valence-electron chi connectivity index (χ4n) is 3.77. The molecule has 0 aromatic heterocycles. The highest BCUT2D eigenvalue weighted by atomic mass is 16.5. The summed E-state index contributed by atoms with van der Waals surface area (Å²) in [5, 5.41) is 9.45. The van der Waals surface area contributed by atoms with Crippen LogP contribution in [0.4, 0.5) is 0 Å². The summed E-state index contributed by atoms with van der Waals surface area (Å²) in [7, 11) is 3.34. The molecule has 0 radical (unpaired) electrons. The Morgan fingerprint density at radius 2 is 1.69 bits per heavy atom. The van der Waals surface area contributed by atoms with Gasteiger partial charge in [0.05, 0.1) is 20.4 Å². The average Bonchev–Trinajstić information content (AvgIpc) is 2.78. The first-order chi connectivity index (χ1) is 14.3. The lowest BCUT2D eigenvalue weighted by Gasteiger charge is -2.33. The van der Waals surface area contributed by atoms with Gasteiger partial charge in [-0.2, -0.15) is 5.10 Å². The third kappa shape index (κ3) is 4.51. The van der Waals surface area contributed by atoms with Crippen molar-refractivity contribution in [2.75, 3.05) is 40.4 Å². The normalized spacial score (nSPS) is 15.2. The Morgan fingerprint density at radius 1 is 0.897 bits per heavy atom. The van der Waals surface area contributed by atoms with Crippen LogP contribution in [-0.4, -0.2) is 56.5 Å². The number of rotatable bonds is 6. The van der Waals surface area contributed by atoms with Crippen LogP contribution in [0.25, 0.3) is 10.8 Å². The summed E-state index contributed by atoms with van der Waals surface area (Å²) in [5.74, 6) is 1.59. The van der Waals surface area contributed by atoms with Gasteiger partial charge in [-0.15, -0.1) is 0 Å². The van der Waals surface area contributed by atoms with Gasteiger partial charge in [0, 0.05) is 38.3 Å². The molecule has 0 saturated carbocycles. The zero-order valence-corrected chi connectivity index (χ0v) is 17.0. The van der Waals surface area contributed by atoms with E-state index in [0.717, 1.165) is 49.8 Å². The Balaban J connectivity index is 1.38. The quantitative estimate of drug-likeness (QED) is 0.597. The Bertz CT molecular complexity index is 989. The van der Waals surface area contributed by atoms with Crippen LogP contribution < -0.4 is 9.47 Å². The van der Waals surface area contributed by atoms with Gasteiger partial charge in [-0.05, 0) is 34.5 Å². The standard InChI is InChI=1S/C24H27N3O2/c1-28-22-10-11-24(29-2)21(16-22)17-25-27-14-12-26(13-15-27)18-20-8-5-7-19-6-3-4-9-23(19)20/h3-11,16-17H,12-15,18H2,1-2H3/b25-17-. The molecular weight excluding hydrogens is 362 g/mol. The molecule has 3 aromatic carbocycles. The molecule has 1 heterocycles. The maximum Gasteiger partial charge on any atom is 0.127 e. The number of piperazine rings is 1. The minimum absolute atomic E-state index is 0.796. The smallest absolute Gasteiger partial charge is 0.127 e. The number of ether oxygens (including phenoxy) is 2. The first-order valence-electron chi connectivity index (χ1n) is 9.97. The molecule has 1 saturated heterocycles. The monoisotopic (exact) mass is 389 g/mol. The number of hydrogen-bond acceptors (Lipinski definition) is 5. The SMILES string of the molecule is COc1ccc(OC)c(/C=N\N2CCN(Cc3cccc4ccccc34)CC2)c1. The van der Waals surface area contributed by atoms with Gasteiger partial charge >= 0.3 is 0 Å². The third-order valence-corrected chi connectivity index (χ3v) is 5.42. The van der Waals surface area contributed by atoms with Crippen LogP contribution in [0.5, 0.6) is 11.5 Å². The van der Waals surface area contributed by atoms with Crippen molar-refractivity contribution in [2.45, 2.75) is 6.54 Å². The van der Waals surface area contributed by atoms with Gasteiger partial charge in [-0.25, -0.2) is 0 Å². The van der Waals surface area contributed by atoms with Gasteiger partial charge in [0.25, 0.3) is 0 Å². The van der Waals surface area contributed by atoms with Crippen LogP contribution in [0.3, 0.4) is 0 Å². The van der Waals surface area contributed by atoms with Gasteiger partial charge in [0.15, 0.2) is 0 Å². The topological polar surface area (TPSA) is 37.3 Å². The molecule has 0 bridgehead atoms. The van der Waals surface area contributed by atoms with Crippen molar-refractivity contribution in [3.05, 3.63) is 71.8 Å². The lowest BCUT2D eigenvalue weighted by atomic mass is 10.0. The van der Waals surface area contributed by atoms with Gasteiger partial charge in [0.2, 0.25) is 0 Å².